The molecule has 0 bridgehead atoms. The molecule has 1 aliphatic rings. The van der Waals surface area contributed by atoms with E-state index in [1.807, 2.05) is 6.07 Å². The van der Waals surface area contributed by atoms with Crippen molar-refractivity contribution in [1.29, 1.82) is 0 Å². The maximum atomic E-state index is 13.4. The molecular weight excluding hydrogens is 179 g/mol. The molecule has 0 aromatic heterocycles. The molecule has 0 heterocycles. The number of benzene rings is 1. The highest BCUT2D eigenvalue weighted by Gasteiger charge is 2.14. The highest BCUT2D eigenvalue weighted by atomic mass is 19.1. The Labute approximate surface area is 83.2 Å². The van der Waals surface area contributed by atoms with Crippen molar-refractivity contribution in [3.8, 4) is 5.75 Å². The largest absolute Gasteiger partial charge is 0.494 e. The van der Waals surface area contributed by atoms with Gasteiger partial charge in [-0.1, -0.05) is 18.2 Å². The summed E-state index contributed by atoms with van der Waals surface area (Å²) in [4.78, 5) is 0. The number of hydrogen-bond donors (Lipinski definition) is 0. The van der Waals surface area contributed by atoms with Crippen molar-refractivity contribution >= 4 is 0 Å². The zero-order valence-corrected chi connectivity index (χ0v) is 8.16. The van der Waals surface area contributed by atoms with Crippen LogP contribution in [0.2, 0.25) is 0 Å². The molecular formula is C12H13FO. The molecule has 2 heteroatoms. The maximum absolute atomic E-state index is 13.4. The first-order valence-corrected chi connectivity index (χ1v) is 4.79. The average molecular weight is 192 g/mol. The smallest absolute Gasteiger partial charge is 0.165 e. The van der Waals surface area contributed by atoms with Crippen LogP contribution in [0.1, 0.15) is 24.3 Å². The predicted molar refractivity (Wildman–Crippen MR) is 54.1 cm³/mol. The number of allylic oxidation sites excluding steroid dienone is 2. The van der Waals surface area contributed by atoms with Gasteiger partial charge in [-0.3, -0.25) is 0 Å². The van der Waals surface area contributed by atoms with E-state index >= 15 is 0 Å². The van der Waals surface area contributed by atoms with Crippen LogP contribution < -0.4 is 4.74 Å². The van der Waals surface area contributed by atoms with E-state index in [2.05, 4.69) is 12.2 Å². The Balaban J connectivity index is 2.23. The summed E-state index contributed by atoms with van der Waals surface area (Å²) in [7, 11) is 1.48. The van der Waals surface area contributed by atoms with Crippen LogP contribution in [-0.4, -0.2) is 7.11 Å². The van der Waals surface area contributed by atoms with Crippen LogP contribution in [0.15, 0.2) is 30.4 Å². The lowest BCUT2D eigenvalue weighted by Gasteiger charge is -2.10. The minimum atomic E-state index is -0.267. The van der Waals surface area contributed by atoms with Crippen LogP contribution >= 0.6 is 0 Å². The Bertz CT molecular complexity index is 349. The average Bonchev–Trinajstić information content (AvgIpc) is 2.70. The van der Waals surface area contributed by atoms with Gasteiger partial charge in [-0.2, -0.15) is 0 Å². The fraction of sp³-hybridized carbons (Fsp3) is 0.333. The molecule has 0 aliphatic heterocycles. The Morgan fingerprint density at radius 2 is 2.00 bits per heavy atom. The molecule has 0 spiro atoms. The third-order valence-corrected chi connectivity index (χ3v) is 2.66. The van der Waals surface area contributed by atoms with Crippen molar-refractivity contribution < 1.29 is 9.13 Å². The van der Waals surface area contributed by atoms with Gasteiger partial charge in [0.25, 0.3) is 0 Å². The fourth-order valence-electron chi connectivity index (χ4n) is 1.83. The molecule has 1 aromatic rings. The van der Waals surface area contributed by atoms with E-state index in [0.717, 1.165) is 18.4 Å². The molecule has 0 N–H and O–H groups in total. The van der Waals surface area contributed by atoms with E-state index in [1.165, 1.54) is 7.11 Å². The second-order valence-corrected chi connectivity index (χ2v) is 3.53. The predicted octanol–water partition coefficient (Wildman–Crippen LogP) is 3.27. The molecule has 74 valence electrons. The van der Waals surface area contributed by atoms with Crippen molar-refractivity contribution in [2.45, 2.75) is 18.8 Å². The van der Waals surface area contributed by atoms with Crippen LogP contribution in [0.25, 0.3) is 0 Å². The van der Waals surface area contributed by atoms with Crippen molar-refractivity contribution in [1.82, 2.24) is 0 Å². The summed E-state index contributed by atoms with van der Waals surface area (Å²) in [6.45, 7) is 0. The molecule has 0 saturated carbocycles. The molecule has 14 heavy (non-hydrogen) atoms. The zero-order chi connectivity index (χ0) is 9.97. The van der Waals surface area contributed by atoms with Crippen molar-refractivity contribution in [3.63, 3.8) is 0 Å². The molecule has 1 aliphatic carbocycles. The normalized spacial score (nSPS) is 16.1. The second kappa shape index (κ2) is 3.82. The van der Waals surface area contributed by atoms with E-state index in [9.17, 15) is 4.39 Å². The maximum Gasteiger partial charge on any atom is 0.165 e. The lowest BCUT2D eigenvalue weighted by molar-refractivity contribution is 0.386. The summed E-state index contributed by atoms with van der Waals surface area (Å²) in [5.41, 5.74) is 1.06. The Kier molecular flexibility index (Phi) is 2.53. The van der Waals surface area contributed by atoms with Gasteiger partial charge in [-0.25, -0.2) is 4.39 Å². The lowest BCUT2D eigenvalue weighted by atomic mass is 9.97. The summed E-state index contributed by atoms with van der Waals surface area (Å²) in [5, 5.41) is 0. The van der Waals surface area contributed by atoms with Crippen LogP contribution in [0.4, 0.5) is 4.39 Å². The van der Waals surface area contributed by atoms with Gasteiger partial charge in [-0.15, -0.1) is 0 Å². The molecule has 0 fully saturated rings. The van der Waals surface area contributed by atoms with E-state index < -0.39 is 0 Å². The third-order valence-electron chi connectivity index (χ3n) is 2.66. The van der Waals surface area contributed by atoms with E-state index in [0.29, 0.717) is 11.7 Å². The molecule has 0 amide bonds. The number of rotatable bonds is 2. The molecule has 1 aromatic carbocycles. The first-order chi connectivity index (χ1) is 6.81. The van der Waals surface area contributed by atoms with Crippen molar-refractivity contribution in [2.75, 3.05) is 7.11 Å². The highest BCUT2D eigenvalue weighted by molar-refractivity contribution is 5.32. The molecule has 1 nitrogen and oxygen atoms in total. The first-order valence-electron chi connectivity index (χ1n) is 4.79. The summed E-state index contributed by atoms with van der Waals surface area (Å²) in [6.07, 6.45) is 6.33. The van der Waals surface area contributed by atoms with Gasteiger partial charge in [0.1, 0.15) is 0 Å². The van der Waals surface area contributed by atoms with Gasteiger partial charge in [0, 0.05) is 0 Å². The summed E-state index contributed by atoms with van der Waals surface area (Å²) in [5.74, 6) is 0.506. The first kappa shape index (κ1) is 9.25. The van der Waals surface area contributed by atoms with Crippen molar-refractivity contribution in [2.24, 2.45) is 0 Å². The molecule has 0 atom stereocenters. The number of ether oxygens (including phenoxy) is 1. The molecule has 0 unspecified atom stereocenters. The van der Waals surface area contributed by atoms with Gasteiger partial charge in [0.05, 0.1) is 7.11 Å². The zero-order valence-electron chi connectivity index (χ0n) is 8.16. The Hall–Kier alpha value is -1.31. The van der Waals surface area contributed by atoms with Crippen molar-refractivity contribution in [3.05, 3.63) is 41.7 Å². The highest BCUT2D eigenvalue weighted by Crippen LogP contribution is 2.31. The minimum Gasteiger partial charge on any atom is -0.494 e. The molecule has 2 rings (SSSR count). The van der Waals surface area contributed by atoms with E-state index in [4.69, 9.17) is 4.74 Å². The lowest BCUT2D eigenvalue weighted by Crippen LogP contribution is -1.95. The van der Waals surface area contributed by atoms with Crippen LogP contribution in [0.3, 0.4) is 0 Å². The number of methoxy groups -OCH3 is 1. The fourth-order valence-corrected chi connectivity index (χ4v) is 1.83. The SMILES string of the molecule is COc1ccc(C2CC=CC2)cc1F. The van der Waals surface area contributed by atoms with E-state index in [1.54, 1.807) is 12.1 Å². The van der Waals surface area contributed by atoms with Crippen LogP contribution in [-0.2, 0) is 0 Å². The van der Waals surface area contributed by atoms with Gasteiger partial charge in [0.2, 0.25) is 0 Å². The standard InChI is InChI=1S/C12H13FO/c1-14-12-7-6-10(8-11(12)13)9-4-2-3-5-9/h2-3,6-9H,4-5H2,1H3. The van der Waals surface area contributed by atoms with Gasteiger partial charge < -0.3 is 4.74 Å². The van der Waals surface area contributed by atoms with Gasteiger partial charge in [-0.05, 0) is 36.5 Å². The Morgan fingerprint density at radius 1 is 1.29 bits per heavy atom. The molecule has 0 saturated heterocycles. The number of hydrogen-bond acceptors (Lipinski definition) is 1. The summed E-state index contributed by atoms with van der Waals surface area (Å²) < 4.78 is 18.2. The summed E-state index contributed by atoms with van der Waals surface area (Å²) >= 11 is 0. The number of halogens is 1. The third kappa shape index (κ3) is 1.65. The monoisotopic (exact) mass is 192 g/mol. The van der Waals surface area contributed by atoms with Crippen LogP contribution in [0, 0.1) is 5.82 Å². The summed E-state index contributed by atoms with van der Waals surface area (Å²) in [6, 6.07) is 5.22. The quantitative estimate of drug-likeness (QED) is 0.653. The van der Waals surface area contributed by atoms with Crippen LogP contribution in [0.5, 0.6) is 5.75 Å². The van der Waals surface area contributed by atoms with E-state index in [-0.39, 0.29) is 5.82 Å². The minimum absolute atomic E-state index is 0.267. The van der Waals surface area contributed by atoms with Gasteiger partial charge in [0.15, 0.2) is 11.6 Å². The van der Waals surface area contributed by atoms with Gasteiger partial charge >= 0.3 is 0 Å². The Morgan fingerprint density at radius 3 is 2.57 bits per heavy atom. The second-order valence-electron chi connectivity index (χ2n) is 3.53. The molecule has 0 radical (unpaired) electrons. The topological polar surface area (TPSA) is 9.23 Å².